The minimum absolute atomic E-state index is 0.246. The third kappa shape index (κ3) is 3.56. The van der Waals surface area contributed by atoms with Gasteiger partial charge < -0.3 is 11.1 Å². The first kappa shape index (κ1) is 17.1. The standard InChI is InChI=1S/C12H13Cl2F3N2O/c1-6(8-4-3-7(13)5-9(8)14)19-10(20)11(2,18)12(15,16)17/h3-6H,18H2,1-2H3,(H,19,20). The molecule has 0 saturated carbocycles. The summed E-state index contributed by atoms with van der Waals surface area (Å²) in [5.41, 5.74) is 2.51. The molecular formula is C12H13Cl2F3N2O. The van der Waals surface area contributed by atoms with E-state index in [1.807, 2.05) is 0 Å². The third-order valence-corrected chi connectivity index (χ3v) is 3.40. The fourth-order valence-electron chi connectivity index (χ4n) is 1.41. The van der Waals surface area contributed by atoms with Crippen molar-refractivity contribution in [1.82, 2.24) is 5.32 Å². The molecule has 0 radical (unpaired) electrons. The van der Waals surface area contributed by atoms with Gasteiger partial charge in [-0.1, -0.05) is 29.3 Å². The van der Waals surface area contributed by atoms with Gasteiger partial charge in [0.2, 0.25) is 5.91 Å². The van der Waals surface area contributed by atoms with Crippen molar-refractivity contribution in [2.45, 2.75) is 31.6 Å². The highest BCUT2D eigenvalue weighted by molar-refractivity contribution is 6.35. The minimum atomic E-state index is -4.85. The summed E-state index contributed by atoms with van der Waals surface area (Å²) in [6, 6.07) is 3.75. The summed E-state index contributed by atoms with van der Waals surface area (Å²) in [5, 5.41) is 2.82. The van der Waals surface area contributed by atoms with Gasteiger partial charge in [-0.3, -0.25) is 4.79 Å². The summed E-state index contributed by atoms with van der Waals surface area (Å²) < 4.78 is 37.9. The predicted molar refractivity (Wildman–Crippen MR) is 71.7 cm³/mol. The molecule has 0 aliphatic heterocycles. The van der Waals surface area contributed by atoms with Crippen molar-refractivity contribution in [3.63, 3.8) is 0 Å². The molecule has 3 N–H and O–H groups in total. The molecule has 0 fully saturated rings. The van der Waals surface area contributed by atoms with Gasteiger partial charge in [0.05, 0.1) is 6.04 Å². The highest BCUT2D eigenvalue weighted by atomic mass is 35.5. The summed E-state index contributed by atoms with van der Waals surface area (Å²) in [4.78, 5) is 11.6. The Morgan fingerprint density at radius 1 is 1.35 bits per heavy atom. The van der Waals surface area contributed by atoms with Crippen LogP contribution in [-0.4, -0.2) is 17.6 Å². The Bertz CT molecular complexity index is 518. The van der Waals surface area contributed by atoms with Crippen LogP contribution in [0.5, 0.6) is 0 Å². The lowest BCUT2D eigenvalue weighted by Crippen LogP contribution is -2.61. The molecule has 3 nitrogen and oxygen atoms in total. The Labute approximate surface area is 124 Å². The zero-order valence-electron chi connectivity index (χ0n) is 10.7. The Morgan fingerprint density at radius 2 is 1.90 bits per heavy atom. The lowest BCUT2D eigenvalue weighted by Gasteiger charge is -2.28. The van der Waals surface area contributed by atoms with E-state index in [0.717, 1.165) is 0 Å². The van der Waals surface area contributed by atoms with Crippen molar-refractivity contribution in [3.8, 4) is 0 Å². The largest absolute Gasteiger partial charge is 0.415 e. The molecule has 0 spiro atoms. The van der Waals surface area contributed by atoms with Gasteiger partial charge >= 0.3 is 6.18 Å². The molecule has 0 heterocycles. The molecule has 2 atom stereocenters. The van der Waals surface area contributed by atoms with Gasteiger partial charge in [0, 0.05) is 10.0 Å². The molecule has 0 aliphatic rings. The predicted octanol–water partition coefficient (Wildman–Crippen LogP) is 3.45. The molecular weight excluding hydrogens is 316 g/mol. The van der Waals surface area contributed by atoms with Crippen molar-refractivity contribution in [3.05, 3.63) is 33.8 Å². The number of halogens is 5. The number of amides is 1. The molecule has 0 aromatic heterocycles. The molecule has 1 aromatic rings. The average Bonchev–Trinajstić information content (AvgIpc) is 2.26. The zero-order chi connectivity index (χ0) is 15.7. The molecule has 112 valence electrons. The number of benzene rings is 1. The molecule has 20 heavy (non-hydrogen) atoms. The van der Waals surface area contributed by atoms with E-state index < -0.39 is 23.7 Å². The van der Waals surface area contributed by atoms with Crippen molar-refractivity contribution in [2.24, 2.45) is 5.73 Å². The highest BCUT2D eigenvalue weighted by Crippen LogP contribution is 2.30. The molecule has 8 heteroatoms. The molecule has 2 unspecified atom stereocenters. The second kappa shape index (κ2) is 5.79. The van der Waals surface area contributed by atoms with E-state index in [9.17, 15) is 18.0 Å². The monoisotopic (exact) mass is 328 g/mol. The minimum Gasteiger partial charge on any atom is -0.348 e. The topological polar surface area (TPSA) is 55.1 Å². The van der Waals surface area contributed by atoms with Crippen LogP contribution in [0.1, 0.15) is 25.5 Å². The number of carbonyl (C=O) groups excluding carboxylic acids is 1. The van der Waals surface area contributed by atoms with E-state index in [0.29, 0.717) is 17.5 Å². The summed E-state index contributed by atoms with van der Waals surface area (Å²) in [5.74, 6) is -1.33. The highest BCUT2D eigenvalue weighted by Gasteiger charge is 2.54. The number of alkyl halides is 3. The quantitative estimate of drug-likeness (QED) is 0.892. The lowest BCUT2D eigenvalue weighted by atomic mass is 10.0. The molecule has 0 saturated heterocycles. The van der Waals surface area contributed by atoms with E-state index in [1.54, 1.807) is 0 Å². The Hall–Kier alpha value is -0.980. The van der Waals surface area contributed by atoms with E-state index in [1.165, 1.54) is 25.1 Å². The van der Waals surface area contributed by atoms with Crippen molar-refractivity contribution < 1.29 is 18.0 Å². The second-order valence-electron chi connectivity index (χ2n) is 4.56. The van der Waals surface area contributed by atoms with E-state index in [-0.39, 0.29) is 5.02 Å². The van der Waals surface area contributed by atoms with Crippen LogP contribution in [0.4, 0.5) is 13.2 Å². The van der Waals surface area contributed by atoms with Crippen molar-refractivity contribution >= 4 is 29.1 Å². The van der Waals surface area contributed by atoms with Gasteiger partial charge in [0.15, 0.2) is 5.54 Å². The first-order chi connectivity index (χ1) is 8.96. The van der Waals surface area contributed by atoms with Crippen LogP contribution in [0.2, 0.25) is 10.0 Å². The van der Waals surface area contributed by atoms with Crippen LogP contribution in [0, 0.1) is 0 Å². The molecule has 0 aliphatic carbocycles. The van der Waals surface area contributed by atoms with Gasteiger partial charge in [0.25, 0.3) is 0 Å². The first-order valence-corrected chi connectivity index (χ1v) is 6.34. The number of nitrogens with one attached hydrogen (secondary N) is 1. The zero-order valence-corrected chi connectivity index (χ0v) is 12.2. The molecule has 0 bridgehead atoms. The maximum absolute atomic E-state index is 12.6. The Kier molecular flexibility index (Phi) is 4.94. The lowest BCUT2D eigenvalue weighted by molar-refractivity contribution is -0.187. The molecule has 1 amide bonds. The van der Waals surface area contributed by atoms with Gasteiger partial charge in [-0.15, -0.1) is 0 Å². The number of rotatable bonds is 3. The summed E-state index contributed by atoms with van der Waals surface area (Å²) in [6.45, 7) is 2.11. The number of hydrogen-bond donors (Lipinski definition) is 2. The average molecular weight is 329 g/mol. The van der Waals surface area contributed by atoms with Crippen LogP contribution in [-0.2, 0) is 4.79 Å². The van der Waals surface area contributed by atoms with Gasteiger partial charge in [0.1, 0.15) is 0 Å². The fraction of sp³-hybridized carbons (Fsp3) is 0.417. The van der Waals surface area contributed by atoms with Gasteiger partial charge in [-0.2, -0.15) is 13.2 Å². The molecule has 1 rings (SSSR count). The van der Waals surface area contributed by atoms with Crippen molar-refractivity contribution in [1.29, 1.82) is 0 Å². The normalized spacial score (nSPS) is 16.4. The van der Waals surface area contributed by atoms with Crippen LogP contribution in [0.15, 0.2) is 18.2 Å². The summed E-state index contributed by atoms with van der Waals surface area (Å²) >= 11 is 11.6. The van der Waals surface area contributed by atoms with E-state index in [2.05, 4.69) is 5.32 Å². The smallest absolute Gasteiger partial charge is 0.348 e. The maximum Gasteiger partial charge on any atom is 0.415 e. The van der Waals surface area contributed by atoms with Crippen LogP contribution < -0.4 is 11.1 Å². The maximum atomic E-state index is 12.6. The number of carbonyl (C=O) groups is 1. The van der Waals surface area contributed by atoms with Crippen LogP contribution in [0.3, 0.4) is 0 Å². The Balaban J connectivity index is 2.91. The summed E-state index contributed by atoms with van der Waals surface area (Å²) in [7, 11) is 0. The SMILES string of the molecule is CC(NC(=O)C(C)(N)C(F)(F)F)c1ccc(Cl)cc1Cl. The summed E-state index contributed by atoms with van der Waals surface area (Å²) in [6.07, 6.45) is -4.85. The first-order valence-electron chi connectivity index (χ1n) is 5.58. The van der Waals surface area contributed by atoms with Gasteiger partial charge in [-0.05, 0) is 31.5 Å². The fourth-order valence-corrected chi connectivity index (χ4v) is 1.98. The number of hydrogen-bond acceptors (Lipinski definition) is 2. The van der Waals surface area contributed by atoms with Gasteiger partial charge in [-0.25, -0.2) is 0 Å². The van der Waals surface area contributed by atoms with Crippen LogP contribution >= 0.6 is 23.2 Å². The van der Waals surface area contributed by atoms with Crippen molar-refractivity contribution in [2.75, 3.05) is 0 Å². The van der Waals surface area contributed by atoms with E-state index in [4.69, 9.17) is 28.9 Å². The Morgan fingerprint density at radius 3 is 2.35 bits per heavy atom. The third-order valence-electron chi connectivity index (χ3n) is 2.84. The van der Waals surface area contributed by atoms with E-state index >= 15 is 0 Å². The molecule has 1 aromatic carbocycles. The van der Waals surface area contributed by atoms with Crippen LogP contribution in [0.25, 0.3) is 0 Å². The number of nitrogens with two attached hydrogens (primary N) is 1. The second-order valence-corrected chi connectivity index (χ2v) is 5.40.